The summed E-state index contributed by atoms with van der Waals surface area (Å²) in [6.45, 7) is 7.20. The van der Waals surface area contributed by atoms with E-state index in [1.807, 2.05) is 0 Å². The second-order valence-electron chi connectivity index (χ2n) is 6.34. The molecule has 2 rings (SSSR count). The predicted octanol–water partition coefficient (Wildman–Crippen LogP) is 2.77. The van der Waals surface area contributed by atoms with Gasteiger partial charge in [-0.25, -0.2) is 0 Å². The second kappa shape index (κ2) is 5.05. The molecule has 1 saturated carbocycles. The highest BCUT2D eigenvalue weighted by molar-refractivity contribution is 4.94. The van der Waals surface area contributed by atoms with Crippen LogP contribution in [0.5, 0.6) is 0 Å². The monoisotopic (exact) mass is 224 g/mol. The standard InChI is InChI=1S/C14H28N2/c1-14(2,16-9-5-6-10-16)13(15)11-12-7-3-4-8-12/h12-13H,3-11,15H2,1-2H3. The zero-order valence-corrected chi connectivity index (χ0v) is 11.0. The molecule has 1 unspecified atom stereocenters. The van der Waals surface area contributed by atoms with Gasteiger partial charge in [0.1, 0.15) is 0 Å². The van der Waals surface area contributed by atoms with Gasteiger partial charge in [0, 0.05) is 11.6 Å². The molecule has 16 heavy (non-hydrogen) atoms. The Balaban J connectivity index is 1.87. The highest BCUT2D eigenvalue weighted by Gasteiger charge is 2.35. The molecule has 94 valence electrons. The Morgan fingerprint density at radius 3 is 2.25 bits per heavy atom. The van der Waals surface area contributed by atoms with Crippen LogP contribution in [-0.4, -0.2) is 29.6 Å². The lowest BCUT2D eigenvalue weighted by Crippen LogP contribution is -2.55. The fourth-order valence-electron chi connectivity index (χ4n) is 3.42. The number of hydrogen-bond acceptors (Lipinski definition) is 2. The highest BCUT2D eigenvalue weighted by Crippen LogP contribution is 2.32. The van der Waals surface area contributed by atoms with Crippen molar-refractivity contribution in [1.29, 1.82) is 0 Å². The van der Waals surface area contributed by atoms with Crippen molar-refractivity contribution < 1.29 is 0 Å². The Labute approximate surface area is 101 Å². The van der Waals surface area contributed by atoms with E-state index < -0.39 is 0 Å². The van der Waals surface area contributed by atoms with E-state index in [0.29, 0.717) is 6.04 Å². The van der Waals surface area contributed by atoms with Crippen molar-refractivity contribution in [2.45, 2.75) is 70.4 Å². The summed E-state index contributed by atoms with van der Waals surface area (Å²) in [4.78, 5) is 2.60. The molecular formula is C14H28N2. The number of rotatable bonds is 4. The molecule has 0 aromatic rings. The number of hydrogen-bond donors (Lipinski definition) is 1. The molecule has 0 spiro atoms. The van der Waals surface area contributed by atoms with E-state index in [-0.39, 0.29) is 5.54 Å². The minimum Gasteiger partial charge on any atom is -0.326 e. The van der Waals surface area contributed by atoms with Crippen LogP contribution in [-0.2, 0) is 0 Å². The van der Waals surface area contributed by atoms with Crippen molar-refractivity contribution in [1.82, 2.24) is 4.90 Å². The zero-order valence-electron chi connectivity index (χ0n) is 11.0. The lowest BCUT2D eigenvalue weighted by atomic mass is 9.85. The largest absolute Gasteiger partial charge is 0.326 e. The van der Waals surface area contributed by atoms with Gasteiger partial charge in [-0.1, -0.05) is 25.7 Å². The van der Waals surface area contributed by atoms with Crippen LogP contribution in [0.2, 0.25) is 0 Å². The van der Waals surface area contributed by atoms with E-state index in [1.165, 1.54) is 58.0 Å². The van der Waals surface area contributed by atoms with Gasteiger partial charge in [-0.15, -0.1) is 0 Å². The molecule has 0 aromatic heterocycles. The first-order valence-electron chi connectivity index (χ1n) is 7.11. The lowest BCUT2D eigenvalue weighted by molar-refractivity contribution is 0.112. The minimum absolute atomic E-state index is 0.207. The molecule has 1 heterocycles. The second-order valence-corrected chi connectivity index (χ2v) is 6.34. The smallest absolute Gasteiger partial charge is 0.0304 e. The number of likely N-dealkylation sites (tertiary alicyclic amines) is 1. The topological polar surface area (TPSA) is 29.3 Å². The van der Waals surface area contributed by atoms with Crippen LogP contribution < -0.4 is 5.73 Å². The molecule has 2 N–H and O–H groups in total. The van der Waals surface area contributed by atoms with Gasteiger partial charge in [-0.05, 0) is 52.1 Å². The summed E-state index contributed by atoms with van der Waals surface area (Å²) in [6, 6.07) is 0.355. The van der Waals surface area contributed by atoms with Crippen molar-refractivity contribution in [3.63, 3.8) is 0 Å². The number of nitrogens with zero attached hydrogens (tertiary/aromatic N) is 1. The van der Waals surface area contributed by atoms with Crippen molar-refractivity contribution >= 4 is 0 Å². The summed E-state index contributed by atoms with van der Waals surface area (Å²) in [5.74, 6) is 0.914. The van der Waals surface area contributed by atoms with Crippen molar-refractivity contribution in [2.75, 3.05) is 13.1 Å². The summed E-state index contributed by atoms with van der Waals surface area (Å²) in [5.41, 5.74) is 6.68. The molecule has 2 fully saturated rings. The molecule has 0 amide bonds. The van der Waals surface area contributed by atoms with Crippen LogP contribution in [0.15, 0.2) is 0 Å². The summed E-state index contributed by atoms with van der Waals surface area (Å²) >= 11 is 0. The SMILES string of the molecule is CC(C)(C(N)CC1CCCC1)N1CCCC1. The third-order valence-electron chi connectivity index (χ3n) is 4.89. The molecule has 0 bridgehead atoms. The van der Waals surface area contributed by atoms with E-state index in [1.54, 1.807) is 0 Å². The van der Waals surface area contributed by atoms with Crippen molar-refractivity contribution in [3.05, 3.63) is 0 Å². The van der Waals surface area contributed by atoms with Crippen LogP contribution in [0, 0.1) is 5.92 Å². The summed E-state index contributed by atoms with van der Waals surface area (Å²) < 4.78 is 0. The maximum absolute atomic E-state index is 6.47. The van der Waals surface area contributed by atoms with Crippen LogP contribution in [0.1, 0.15) is 58.8 Å². The van der Waals surface area contributed by atoms with Gasteiger partial charge in [-0.2, -0.15) is 0 Å². The molecular weight excluding hydrogens is 196 g/mol. The fourth-order valence-corrected chi connectivity index (χ4v) is 3.42. The van der Waals surface area contributed by atoms with Crippen LogP contribution in [0.4, 0.5) is 0 Å². The fraction of sp³-hybridized carbons (Fsp3) is 1.00. The van der Waals surface area contributed by atoms with E-state index >= 15 is 0 Å². The average molecular weight is 224 g/mol. The van der Waals surface area contributed by atoms with Gasteiger partial charge < -0.3 is 5.73 Å². The average Bonchev–Trinajstić information content (AvgIpc) is 2.89. The van der Waals surface area contributed by atoms with Gasteiger partial charge in [0.2, 0.25) is 0 Å². The predicted molar refractivity (Wildman–Crippen MR) is 69.4 cm³/mol. The number of nitrogens with two attached hydrogens (primary N) is 1. The first-order valence-corrected chi connectivity index (χ1v) is 7.11. The van der Waals surface area contributed by atoms with Gasteiger partial charge >= 0.3 is 0 Å². The Kier molecular flexibility index (Phi) is 3.91. The Hall–Kier alpha value is -0.0800. The molecule has 0 radical (unpaired) electrons. The van der Waals surface area contributed by atoms with Gasteiger partial charge in [0.15, 0.2) is 0 Å². The summed E-state index contributed by atoms with van der Waals surface area (Å²) in [7, 11) is 0. The van der Waals surface area contributed by atoms with Crippen molar-refractivity contribution in [2.24, 2.45) is 11.7 Å². The third-order valence-corrected chi connectivity index (χ3v) is 4.89. The summed E-state index contributed by atoms with van der Waals surface area (Å²) in [5, 5.41) is 0. The maximum Gasteiger partial charge on any atom is 0.0304 e. The van der Waals surface area contributed by atoms with Crippen molar-refractivity contribution in [3.8, 4) is 0 Å². The first-order chi connectivity index (χ1) is 7.60. The minimum atomic E-state index is 0.207. The molecule has 1 atom stereocenters. The third kappa shape index (κ3) is 2.60. The molecule has 2 nitrogen and oxygen atoms in total. The van der Waals surface area contributed by atoms with Gasteiger partial charge in [0.05, 0.1) is 0 Å². The Morgan fingerprint density at radius 2 is 1.69 bits per heavy atom. The zero-order chi connectivity index (χ0) is 11.6. The maximum atomic E-state index is 6.47. The van der Waals surface area contributed by atoms with E-state index in [9.17, 15) is 0 Å². The van der Waals surface area contributed by atoms with Gasteiger partial charge in [0.25, 0.3) is 0 Å². The normalized spacial score (nSPS) is 26.4. The molecule has 1 aliphatic carbocycles. The van der Waals surface area contributed by atoms with Crippen LogP contribution in [0.3, 0.4) is 0 Å². The molecule has 0 aromatic carbocycles. The van der Waals surface area contributed by atoms with Crippen LogP contribution >= 0.6 is 0 Å². The lowest BCUT2D eigenvalue weighted by Gasteiger charge is -2.41. The summed E-state index contributed by atoms with van der Waals surface area (Å²) in [6.07, 6.45) is 9.67. The van der Waals surface area contributed by atoms with Crippen LogP contribution in [0.25, 0.3) is 0 Å². The highest BCUT2D eigenvalue weighted by atomic mass is 15.2. The van der Waals surface area contributed by atoms with E-state index in [4.69, 9.17) is 5.73 Å². The van der Waals surface area contributed by atoms with Gasteiger partial charge in [-0.3, -0.25) is 4.90 Å². The molecule has 2 aliphatic rings. The molecule has 2 heteroatoms. The molecule has 1 saturated heterocycles. The Bertz CT molecular complexity index is 213. The first kappa shape index (κ1) is 12.4. The van der Waals surface area contributed by atoms with E-state index in [0.717, 1.165) is 5.92 Å². The quantitative estimate of drug-likeness (QED) is 0.795. The molecule has 1 aliphatic heterocycles. The van der Waals surface area contributed by atoms with E-state index in [2.05, 4.69) is 18.7 Å². The Morgan fingerprint density at radius 1 is 1.12 bits per heavy atom.